The highest BCUT2D eigenvalue weighted by molar-refractivity contribution is 5.38. The molecule has 1 saturated carbocycles. The molecular formula is C13H20N2O2. The maximum Gasteiger partial charge on any atom is 0.128 e. The summed E-state index contributed by atoms with van der Waals surface area (Å²) < 4.78 is 0. The molecule has 2 N–H and O–H groups in total. The van der Waals surface area contributed by atoms with Gasteiger partial charge >= 0.3 is 0 Å². The van der Waals surface area contributed by atoms with Crippen molar-refractivity contribution in [1.82, 2.24) is 4.98 Å². The molecule has 1 heterocycles. The molecule has 0 unspecified atom stereocenters. The van der Waals surface area contributed by atoms with Crippen molar-refractivity contribution in [3.05, 3.63) is 23.9 Å². The van der Waals surface area contributed by atoms with Crippen LogP contribution in [0.2, 0.25) is 0 Å². The highest BCUT2D eigenvalue weighted by atomic mass is 16.3. The summed E-state index contributed by atoms with van der Waals surface area (Å²) in [6, 6.07) is 3.74. The Morgan fingerprint density at radius 1 is 1.35 bits per heavy atom. The highest BCUT2D eigenvalue weighted by Crippen LogP contribution is 2.30. The fourth-order valence-corrected chi connectivity index (χ4v) is 2.45. The fourth-order valence-electron chi connectivity index (χ4n) is 2.45. The van der Waals surface area contributed by atoms with Crippen LogP contribution in [-0.2, 0) is 6.61 Å². The van der Waals surface area contributed by atoms with E-state index in [0.717, 1.165) is 37.1 Å². The largest absolute Gasteiger partial charge is 0.392 e. The zero-order valence-electron chi connectivity index (χ0n) is 10.3. The predicted octanol–water partition coefficient (Wildman–Crippen LogP) is 1.32. The minimum atomic E-state index is -0.550. The van der Waals surface area contributed by atoms with Crippen LogP contribution < -0.4 is 4.90 Å². The SMILES string of the molecule is CN(CC1(O)CCCC1)c1ccc(CO)cn1. The van der Waals surface area contributed by atoms with Crippen molar-refractivity contribution in [3.63, 3.8) is 0 Å². The van der Waals surface area contributed by atoms with Crippen LogP contribution in [0.4, 0.5) is 5.82 Å². The van der Waals surface area contributed by atoms with E-state index in [9.17, 15) is 5.11 Å². The van der Waals surface area contributed by atoms with Gasteiger partial charge in [0.25, 0.3) is 0 Å². The molecular weight excluding hydrogens is 216 g/mol. The van der Waals surface area contributed by atoms with Crippen molar-refractivity contribution < 1.29 is 10.2 Å². The zero-order valence-corrected chi connectivity index (χ0v) is 10.3. The lowest BCUT2D eigenvalue weighted by Crippen LogP contribution is -2.39. The first-order valence-corrected chi connectivity index (χ1v) is 6.12. The van der Waals surface area contributed by atoms with Crippen LogP contribution in [-0.4, -0.2) is 34.4 Å². The first-order valence-electron chi connectivity index (χ1n) is 6.12. The van der Waals surface area contributed by atoms with Gasteiger partial charge in [0.1, 0.15) is 5.82 Å². The number of nitrogens with zero attached hydrogens (tertiary/aromatic N) is 2. The van der Waals surface area contributed by atoms with Crippen molar-refractivity contribution in [1.29, 1.82) is 0 Å². The Morgan fingerprint density at radius 3 is 2.59 bits per heavy atom. The molecule has 0 bridgehead atoms. The summed E-state index contributed by atoms with van der Waals surface area (Å²) in [5.74, 6) is 0.836. The van der Waals surface area contributed by atoms with Gasteiger partial charge in [-0.05, 0) is 24.5 Å². The lowest BCUT2D eigenvalue weighted by Gasteiger charge is -2.29. The molecule has 0 aliphatic heterocycles. The summed E-state index contributed by atoms with van der Waals surface area (Å²) in [4.78, 5) is 6.26. The molecule has 1 aliphatic rings. The molecule has 1 aromatic heterocycles. The van der Waals surface area contributed by atoms with Crippen molar-refractivity contribution in [3.8, 4) is 0 Å². The quantitative estimate of drug-likeness (QED) is 0.827. The van der Waals surface area contributed by atoms with Gasteiger partial charge in [-0.25, -0.2) is 4.98 Å². The Hall–Kier alpha value is -1.13. The van der Waals surface area contributed by atoms with Crippen LogP contribution in [0.3, 0.4) is 0 Å². The summed E-state index contributed by atoms with van der Waals surface area (Å²) in [7, 11) is 1.94. The van der Waals surface area contributed by atoms with Crippen LogP contribution in [0.5, 0.6) is 0 Å². The predicted molar refractivity (Wildman–Crippen MR) is 66.8 cm³/mol. The number of hydrogen-bond donors (Lipinski definition) is 2. The van der Waals surface area contributed by atoms with E-state index in [1.54, 1.807) is 6.20 Å². The van der Waals surface area contributed by atoms with E-state index in [1.807, 2.05) is 24.1 Å². The van der Waals surface area contributed by atoms with Gasteiger partial charge in [0.15, 0.2) is 0 Å². The lowest BCUT2D eigenvalue weighted by molar-refractivity contribution is 0.0558. The monoisotopic (exact) mass is 236 g/mol. The van der Waals surface area contributed by atoms with Crippen molar-refractivity contribution in [2.45, 2.75) is 37.9 Å². The van der Waals surface area contributed by atoms with Gasteiger partial charge in [-0.2, -0.15) is 0 Å². The Bertz CT molecular complexity index is 358. The van der Waals surface area contributed by atoms with Crippen molar-refractivity contribution in [2.24, 2.45) is 0 Å². The second-order valence-corrected chi connectivity index (χ2v) is 4.97. The van der Waals surface area contributed by atoms with Crippen LogP contribution in [0.25, 0.3) is 0 Å². The maximum atomic E-state index is 10.3. The molecule has 1 aromatic rings. The molecule has 0 radical (unpaired) electrons. The molecule has 17 heavy (non-hydrogen) atoms. The number of aliphatic hydroxyl groups is 2. The Labute approximate surface area is 102 Å². The second-order valence-electron chi connectivity index (χ2n) is 4.97. The van der Waals surface area contributed by atoms with Gasteiger partial charge in [-0.15, -0.1) is 0 Å². The van der Waals surface area contributed by atoms with Gasteiger partial charge < -0.3 is 15.1 Å². The van der Waals surface area contributed by atoms with E-state index < -0.39 is 5.60 Å². The van der Waals surface area contributed by atoms with E-state index in [4.69, 9.17) is 5.11 Å². The average Bonchev–Trinajstić information content (AvgIpc) is 2.76. The molecule has 4 heteroatoms. The van der Waals surface area contributed by atoms with Gasteiger partial charge in [-0.3, -0.25) is 0 Å². The van der Waals surface area contributed by atoms with Crippen LogP contribution in [0.15, 0.2) is 18.3 Å². The number of anilines is 1. The van der Waals surface area contributed by atoms with Gasteiger partial charge in [0.05, 0.1) is 12.2 Å². The maximum absolute atomic E-state index is 10.3. The van der Waals surface area contributed by atoms with Crippen molar-refractivity contribution >= 4 is 5.82 Å². The van der Waals surface area contributed by atoms with Gasteiger partial charge in [0, 0.05) is 19.8 Å². The van der Waals surface area contributed by atoms with E-state index in [1.165, 1.54) is 0 Å². The summed E-state index contributed by atoms with van der Waals surface area (Å²) >= 11 is 0. The molecule has 0 amide bonds. The molecule has 4 nitrogen and oxygen atoms in total. The third kappa shape index (κ3) is 2.96. The Kier molecular flexibility index (Phi) is 3.64. The fraction of sp³-hybridized carbons (Fsp3) is 0.615. The standard InChI is InChI=1S/C13H20N2O2/c1-15(10-13(17)6-2-3-7-13)12-5-4-11(9-16)8-14-12/h4-5,8,16-17H,2-3,6-7,9-10H2,1H3. The number of likely N-dealkylation sites (N-methyl/N-ethyl adjacent to an activating group) is 1. The van der Waals surface area contributed by atoms with E-state index in [0.29, 0.717) is 6.54 Å². The van der Waals surface area contributed by atoms with Crippen LogP contribution in [0, 0.1) is 0 Å². The number of aliphatic hydroxyl groups excluding tert-OH is 1. The Morgan fingerprint density at radius 2 is 2.06 bits per heavy atom. The molecule has 1 aliphatic carbocycles. The molecule has 0 spiro atoms. The third-order valence-corrected chi connectivity index (χ3v) is 3.45. The number of pyridine rings is 1. The third-order valence-electron chi connectivity index (χ3n) is 3.45. The van der Waals surface area contributed by atoms with E-state index in [2.05, 4.69) is 4.98 Å². The summed E-state index contributed by atoms with van der Waals surface area (Å²) in [5, 5.41) is 19.3. The van der Waals surface area contributed by atoms with E-state index >= 15 is 0 Å². The molecule has 0 saturated heterocycles. The molecule has 0 atom stereocenters. The number of hydrogen-bond acceptors (Lipinski definition) is 4. The first-order chi connectivity index (χ1) is 8.13. The summed E-state index contributed by atoms with van der Waals surface area (Å²) in [5.41, 5.74) is 0.258. The van der Waals surface area contributed by atoms with Gasteiger partial charge in [0.2, 0.25) is 0 Å². The topological polar surface area (TPSA) is 56.6 Å². The molecule has 1 fully saturated rings. The first kappa shape index (κ1) is 12.3. The smallest absolute Gasteiger partial charge is 0.128 e. The van der Waals surface area contributed by atoms with Crippen LogP contribution >= 0.6 is 0 Å². The lowest BCUT2D eigenvalue weighted by atomic mass is 10.0. The van der Waals surface area contributed by atoms with E-state index in [-0.39, 0.29) is 6.61 Å². The normalized spacial score (nSPS) is 18.3. The average molecular weight is 236 g/mol. The van der Waals surface area contributed by atoms with Crippen LogP contribution in [0.1, 0.15) is 31.2 Å². The minimum absolute atomic E-state index is 0.0148. The highest BCUT2D eigenvalue weighted by Gasteiger charge is 2.32. The van der Waals surface area contributed by atoms with Gasteiger partial charge in [-0.1, -0.05) is 18.9 Å². The summed E-state index contributed by atoms with van der Waals surface area (Å²) in [6.07, 6.45) is 5.66. The Balaban J connectivity index is 2.01. The zero-order chi connectivity index (χ0) is 12.3. The minimum Gasteiger partial charge on any atom is -0.392 e. The summed E-state index contributed by atoms with van der Waals surface area (Å²) in [6.45, 7) is 0.638. The second kappa shape index (κ2) is 5.02. The molecule has 2 rings (SSSR count). The van der Waals surface area contributed by atoms with Crippen molar-refractivity contribution in [2.75, 3.05) is 18.5 Å². The number of aromatic nitrogens is 1. The molecule has 94 valence electrons. The number of rotatable bonds is 4. The molecule has 0 aromatic carbocycles.